The lowest BCUT2D eigenvalue weighted by atomic mass is 10.0. The van der Waals surface area contributed by atoms with Crippen LogP contribution in [0.1, 0.15) is 28.8 Å². The Morgan fingerprint density at radius 2 is 2.26 bits per heavy atom. The molecule has 2 aliphatic heterocycles. The van der Waals surface area contributed by atoms with Crippen LogP contribution in [0.3, 0.4) is 0 Å². The molecule has 0 saturated carbocycles. The van der Waals surface area contributed by atoms with E-state index < -0.39 is 12.1 Å². The molecule has 3 rings (SSSR count). The molecule has 0 aromatic heterocycles. The number of epoxide rings is 1. The van der Waals surface area contributed by atoms with Crippen molar-refractivity contribution in [1.29, 1.82) is 0 Å². The van der Waals surface area contributed by atoms with Crippen LogP contribution >= 0.6 is 0 Å². The molecule has 1 aromatic carbocycles. The topological polar surface area (TPSA) is 110 Å². The third-order valence-corrected chi connectivity index (χ3v) is 4.60. The summed E-state index contributed by atoms with van der Waals surface area (Å²) in [6.45, 7) is 0. The number of oxime groups is 1. The first-order valence-electron chi connectivity index (χ1n) is 9.80. The summed E-state index contributed by atoms with van der Waals surface area (Å²) in [7, 11) is 1.41. The minimum absolute atomic E-state index is 0.0171. The van der Waals surface area contributed by atoms with Crippen molar-refractivity contribution in [2.45, 2.75) is 31.2 Å². The second-order valence-electron chi connectivity index (χ2n) is 6.83. The number of hydrogen-bond donors (Lipinski definition) is 2. The van der Waals surface area contributed by atoms with E-state index in [4.69, 9.17) is 9.47 Å². The van der Waals surface area contributed by atoms with Crippen molar-refractivity contribution >= 4 is 24.2 Å². The quantitative estimate of drug-likeness (QED) is 0.239. The minimum atomic E-state index is -0.609. The van der Waals surface area contributed by atoms with E-state index in [1.807, 2.05) is 12.2 Å². The zero-order valence-electron chi connectivity index (χ0n) is 17.0. The maximum Gasteiger partial charge on any atom is 0.342 e. The average Bonchev–Trinajstić information content (AvgIpc) is 3.48. The Morgan fingerprint density at radius 1 is 1.39 bits per heavy atom. The van der Waals surface area contributed by atoms with E-state index in [0.717, 1.165) is 0 Å². The molecule has 0 aliphatic carbocycles. The van der Waals surface area contributed by atoms with Gasteiger partial charge in [-0.25, -0.2) is 4.79 Å². The SMILES string of the molecule is CO/N=C\C=C/C(=O)N/C=C/C[C@H]1C[C@@H]2O[C@@H]2/C=C\C=C\c2cccc(O)c2C(=O)O1. The van der Waals surface area contributed by atoms with Crippen molar-refractivity contribution in [3.63, 3.8) is 0 Å². The van der Waals surface area contributed by atoms with E-state index in [1.54, 1.807) is 30.4 Å². The lowest BCUT2D eigenvalue weighted by molar-refractivity contribution is -0.115. The Morgan fingerprint density at radius 3 is 3.10 bits per heavy atom. The number of esters is 1. The molecule has 162 valence electrons. The van der Waals surface area contributed by atoms with Gasteiger partial charge < -0.3 is 24.7 Å². The van der Waals surface area contributed by atoms with Crippen molar-refractivity contribution in [1.82, 2.24) is 5.32 Å². The van der Waals surface area contributed by atoms with Crippen LogP contribution < -0.4 is 5.32 Å². The number of allylic oxidation sites excluding steroid dienone is 3. The number of benzene rings is 1. The van der Waals surface area contributed by atoms with Gasteiger partial charge in [0, 0.05) is 25.1 Å². The predicted octanol–water partition coefficient (Wildman–Crippen LogP) is 2.87. The molecule has 1 aromatic rings. The van der Waals surface area contributed by atoms with Crippen LogP contribution in [0.15, 0.2) is 66.0 Å². The maximum atomic E-state index is 12.8. The molecule has 1 amide bonds. The monoisotopic (exact) mass is 424 g/mol. The van der Waals surface area contributed by atoms with Gasteiger partial charge in [-0.1, -0.05) is 47.7 Å². The first kappa shape index (κ1) is 22.0. The molecule has 2 aliphatic rings. The van der Waals surface area contributed by atoms with E-state index in [-0.39, 0.29) is 29.4 Å². The Kier molecular flexibility index (Phi) is 7.78. The normalized spacial score (nSPS) is 25.2. The van der Waals surface area contributed by atoms with Crippen LogP contribution in [-0.4, -0.2) is 48.6 Å². The number of fused-ring (bicyclic) bond motifs is 2. The van der Waals surface area contributed by atoms with Gasteiger partial charge in [-0.05, 0) is 17.7 Å². The first-order valence-corrected chi connectivity index (χ1v) is 9.80. The van der Waals surface area contributed by atoms with E-state index >= 15 is 0 Å². The van der Waals surface area contributed by atoms with E-state index in [9.17, 15) is 14.7 Å². The molecule has 2 heterocycles. The Hall–Kier alpha value is -3.65. The molecule has 8 heteroatoms. The molecule has 3 atom stereocenters. The highest BCUT2D eigenvalue weighted by Crippen LogP contribution is 2.31. The lowest BCUT2D eigenvalue weighted by Crippen LogP contribution is -2.21. The van der Waals surface area contributed by atoms with Crippen LogP contribution in [0.4, 0.5) is 0 Å². The van der Waals surface area contributed by atoms with Crippen LogP contribution in [-0.2, 0) is 19.1 Å². The van der Waals surface area contributed by atoms with Gasteiger partial charge in [0.05, 0.1) is 12.3 Å². The second-order valence-corrected chi connectivity index (χ2v) is 6.83. The van der Waals surface area contributed by atoms with Crippen molar-refractivity contribution in [2.24, 2.45) is 5.16 Å². The third-order valence-electron chi connectivity index (χ3n) is 4.60. The van der Waals surface area contributed by atoms with Crippen molar-refractivity contribution < 1.29 is 29.0 Å². The average molecular weight is 424 g/mol. The molecule has 0 bridgehead atoms. The molecular formula is C23H24N2O6. The fraction of sp³-hybridized carbons (Fsp3) is 0.261. The van der Waals surface area contributed by atoms with Crippen LogP contribution in [0, 0.1) is 0 Å². The summed E-state index contributed by atoms with van der Waals surface area (Å²) in [5, 5.41) is 16.3. The lowest BCUT2D eigenvalue weighted by Gasteiger charge is -2.17. The zero-order chi connectivity index (χ0) is 22.1. The summed E-state index contributed by atoms with van der Waals surface area (Å²) in [6, 6.07) is 4.85. The predicted molar refractivity (Wildman–Crippen MR) is 115 cm³/mol. The number of aromatic hydroxyl groups is 1. The number of phenolic OH excluding ortho intramolecular Hbond substituents is 1. The molecule has 8 nitrogen and oxygen atoms in total. The van der Waals surface area contributed by atoms with Crippen molar-refractivity contribution in [2.75, 3.05) is 7.11 Å². The summed E-state index contributed by atoms with van der Waals surface area (Å²) < 4.78 is 11.3. The molecule has 0 radical (unpaired) electrons. The van der Waals surface area contributed by atoms with Crippen LogP contribution in [0.2, 0.25) is 0 Å². The van der Waals surface area contributed by atoms with Gasteiger partial charge in [-0.3, -0.25) is 4.79 Å². The number of carbonyl (C=O) groups is 2. The number of nitrogens with zero attached hydrogens (tertiary/aromatic N) is 1. The number of nitrogens with one attached hydrogen (secondary N) is 1. The third kappa shape index (κ3) is 6.68. The summed E-state index contributed by atoms with van der Waals surface area (Å²) >= 11 is 0. The number of cyclic esters (lactones) is 1. The number of phenols is 1. The van der Waals surface area contributed by atoms with E-state index in [2.05, 4.69) is 15.3 Å². The molecular weight excluding hydrogens is 400 g/mol. The number of hydrogen-bond acceptors (Lipinski definition) is 7. The highest BCUT2D eigenvalue weighted by atomic mass is 16.6. The molecule has 1 fully saturated rings. The van der Waals surface area contributed by atoms with Gasteiger partial charge in [0.25, 0.3) is 0 Å². The highest BCUT2D eigenvalue weighted by Gasteiger charge is 2.39. The fourth-order valence-electron chi connectivity index (χ4n) is 3.06. The Balaban J connectivity index is 1.66. The van der Waals surface area contributed by atoms with Gasteiger partial charge >= 0.3 is 5.97 Å². The van der Waals surface area contributed by atoms with Gasteiger partial charge in [-0.2, -0.15) is 0 Å². The molecule has 1 saturated heterocycles. The van der Waals surface area contributed by atoms with Crippen LogP contribution in [0.5, 0.6) is 5.75 Å². The molecule has 2 N–H and O–H groups in total. The van der Waals surface area contributed by atoms with Gasteiger partial charge in [-0.15, -0.1) is 0 Å². The smallest absolute Gasteiger partial charge is 0.342 e. The Bertz CT molecular complexity index is 947. The summed E-state index contributed by atoms with van der Waals surface area (Å²) in [5.41, 5.74) is 0.681. The maximum absolute atomic E-state index is 12.8. The van der Waals surface area contributed by atoms with Gasteiger partial charge in [0.2, 0.25) is 5.91 Å². The Labute approximate surface area is 180 Å². The number of amides is 1. The summed E-state index contributed by atoms with van der Waals surface area (Å²) in [4.78, 5) is 29.0. The van der Waals surface area contributed by atoms with Crippen molar-refractivity contribution in [3.8, 4) is 5.75 Å². The first-order chi connectivity index (χ1) is 15.1. The summed E-state index contributed by atoms with van der Waals surface area (Å²) in [6.07, 6.45) is 14.9. The highest BCUT2D eigenvalue weighted by molar-refractivity contribution is 5.96. The molecule has 31 heavy (non-hydrogen) atoms. The largest absolute Gasteiger partial charge is 0.507 e. The van der Waals surface area contributed by atoms with Gasteiger partial charge in [0.1, 0.15) is 30.6 Å². The minimum Gasteiger partial charge on any atom is -0.507 e. The standard InChI is InChI=1S/C23H24N2O6/c1-29-25-14-6-12-21(27)24-13-5-9-17-15-20-19(31-20)11-3-2-7-16-8-4-10-18(26)22(16)23(28)30-17/h2-8,10-14,17,19-20,26H,9,15H2,1H3,(H,24,27)/b7-2+,11-3-,12-6-,13-5+,25-14-/t17-,19+,20-/m0/s1. The zero-order valence-corrected chi connectivity index (χ0v) is 17.0. The fourth-order valence-corrected chi connectivity index (χ4v) is 3.06. The summed E-state index contributed by atoms with van der Waals surface area (Å²) in [5.74, 6) is -1.09. The number of rotatable bonds is 6. The van der Waals surface area contributed by atoms with Gasteiger partial charge in [0.15, 0.2) is 0 Å². The van der Waals surface area contributed by atoms with E-state index in [0.29, 0.717) is 18.4 Å². The van der Waals surface area contributed by atoms with E-state index in [1.165, 1.54) is 37.7 Å². The second kappa shape index (κ2) is 10.9. The van der Waals surface area contributed by atoms with Crippen molar-refractivity contribution in [3.05, 3.63) is 72.0 Å². The number of carbonyl (C=O) groups excluding carboxylic acids is 2. The van der Waals surface area contributed by atoms with Crippen LogP contribution in [0.25, 0.3) is 6.08 Å². The number of ether oxygens (including phenoxy) is 2. The molecule has 0 unspecified atom stereocenters. The molecule has 0 spiro atoms.